The third kappa shape index (κ3) is 2.81. The second-order valence-corrected chi connectivity index (χ2v) is 3.86. The molecule has 2 rings (SSSR count). The molecule has 92 valence electrons. The van der Waals surface area contributed by atoms with Gasteiger partial charge in [0.2, 0.25) is 5.95 Å². The van der Waals surface area contributed by atoms with Gasteiger partial charge in [0.15, 0.2) is 0 Å². The van der Waals surface area contributed by atoms with E-state index in [0.717, 1.165) is 12.1 Å². The summed E-state index contributed by atoms with van der Waals surface area (Å²) in [6.45, 7) is 0. The molecule has 0 spiro atoms. The molecule has 3 nitrogen and oxygen atoms in total. The minimum atomic E-state index is -0.753. The minimum Gasteiger partial charge on any atom is -0.306 e. The molecule has 1 heterocycles. The van der Waals surface area contributed by atoms with Crippen LogP contribution < -0.4 is 5.32 Å². The first-order valence-electron chi connectivity index (χ1n) is 4.95. The second-order valence-electron chi connectivity index (χ2n) is 3.42. The number of pyridine rings is 1. The highest BCUT2D eigenvalue weighted by molar-refractivity contribution is 6.30. The number of anilines is 1. The predicted molar refractivity (Wildman–Crippen MR) is 63.6 cm³/mol. The fourth-order valence-corrected chi connectivity index (χ4v) is 1.49. The standard InChI is InChI=1S/C12H7ClF2N2O/c13-7-4-5-8(9(14)6-7)12(18)17-11-3-1-2-10(15)16-11/h1-6H,(H,16,17,18). The summed E-state index contributed by atoms with van der Waals surface area (Å²) in [6.07, 6.45) is 0. The summed E-state index contributed by atoms with van der Waals surface area (Å²) in [4.78, 5) is 15.1. The molecule has 1 amide bonds. The molecule has 1 N–H and O–H groups in total. The second kappa shape index (κ2) is 5.10. The molecule has 0 atom stereocenters. The van der Waals surface area contributed by atoms with E-state index in [0.29, 0.717) is 0 Å². The molecule has 0 saturated heterocycles. The van der Waals surface area contributed by atoms with E-state index in [1.807, 2.05) is 0 Å². The van der Waals surface area contributed by atoms with Crippen molar-refractivity contribution in [1.82, 2.24) is 4.98 Å². The van der Waals surface area contributed by atoms with E-state index in [9.17, 15) is 13.6 Å². The third-order valence-corrected chi connectivity index (χ3v) is 2.37. The van der Waals surface area contributed by atoms with Gasteiger partial charge < -0.3 is 5.32 Å². The van der Waals surface area contributed by atoms with Gasteiger partial charge >= 0.3 is 0 Å². The Kier molecular flexibility index (Phi) is 3.53. The van der Waals surface area contributed by atoms with Gasteiger partial charge in [0.1, 0.15) is 11.6 Å². The number of rotatable bonds is 2. The topological polar surface area (TPSA) is 42.0 Å². The average molecular weight is 269 g/mol. The lowest BCUT2D eigenvalue weighted by atomic mass is 10.2. The Morgan fingerprint density at radius 2 is 2.00 bits per heavy atom. The highest BCUT2D eigenvalue weighted by Crippen LogP contribution is 2.16. The van der Waals surface area contributed by atoms with Crippen molar-refractivity contribution in [3.05, 3.63) is 58.7 Å². The summed E-state index contributed by atoms with van der Waals surface area (Å²) in [6, 6.07) is 7.57. The van der Waals surface area contributed by atoms with Crippen molar-refractivity contribution < 1.29 is 13.6 Å². The van der Waals surface area contributed by atoms with E-state index >= 15 is 0 Å². The minimum absolute atomic E-state index is 0.00866. The summed E-state index contributed by atoms with van der Waals surface area (Å²) in [5.41, 5.74) is -0.189. The molecule has 0 aliphatic heterocycles. The molecule has 0 fully saturated rings. The smallest absolute Gasteiger partial charge is 0.259 e. The lowest BCUT2D eigenvalue weighted by Crippen LogP contribution is -2.14. The molecular weight excluding hydrogens is 262 g/mol. The van der Waals surface area contributed by atoms with Gasteiger partial charge in [0.25, 0.3) is 5.91 Å². The van der Waals surface area contributed by atoms with Crippen LogP contribution in [-0.4, -0.2) is 10.9 Å². The first-order chi connectivity index (χ1) is 8.56. The van der Waals surface area contributed by atoms with Gasteiger partial charge in [-0.05, 0) is 30.3 Å². The Morgan fingerprint density at radius 1 is 1.22 bits per heavy atom. The van der Waals surface area contributed by atoms with Gasteiger partial charge in [-0.25, -0.2) is 9.37 Å². The van der Waals surface area contributed by atoms with Crippen LogP contribution in [0.2, 0.25) is 5.02 Å². The van der Waals surface area contributed by atoms with Crippen molar-refractivity contribution in [1.29, 1.82) is 0 Å². The summed E-state index contributed by atoms with van der Waals surface area (Å²) in [5, 5.41) is 2.47. The van der Waals surface area contributed by atoms with Crippen molar-refractivity contribution in [2.75, 3.05) is 5.32 Å². The van der Waals surface area contributed by atoms with Gasteiger partial charge in [-0.15, -0.1) is 0 Å². The highest BCUT2D eigenvalue weighted by atomic mass is 35.5. The molecule has 0 aliphatic rings. The van der Waals surface area contributed by atoms with Gasteiger partial charge in [0, 0.05) is 5.02 Å². The maximum Gasteiger partial charge on any atom is 0.259 e. The van der Waals surface area contributed by atoms with E-state index in [1.54, 1.807) is 0 Å². The van der Waals surface area contributed by atoms with E-state index in [-0.39, 0.29) is 16.4 Å². The zero-order valence-corrected chi connectivity index (χ0v) is 9.71. The van der Waals surface area contributed by atoms with Gasteiger partial charge in [-0.2, -0.15) is 4.39 Å². The highest BCUT2D eigenvalue weighted by Gasteiger charge is 2.12. The van der Waals surface area contributed by atoms with Crippen molar-refractivity contribution >= 4 is 23.3 Å². The third-order valence-electron chi connectivity index (χ3n) is 2.13. The van der Waals surface area contributed by atoms with Crippen LogP contribution in [0.3, 0.4) is 0 Å². The van der Waals surface area contributed by atoms with Crippen LogP contribution in [0.1, 0.15) is 10.4 Å². The molecule has 0 radical (unpaired) electrons. The first kappa shape index (κ1) is 12.4. The number of carbonyl (C=O) groups excluding carboxylic acids is 1. The van der Waals surface area contributed by atoms with Crippen LogP contribution in [0.25, 0.3) is 0 Å². The zero-order chi connectivity index (χ0) is 13.1. The van der Waals surface area contributed by atoms with Crippen LogP contribution in [0.5, 0.6) is 0 Å². The average Bonchev–Trinajstić information content (AvgIpc) is 2.28. The molecule has 0 bridgehead atoms. The number of nitrogens with one attached hydrogen (secondary N) is 1. The molecule has 18 heavy (non-hydrogen) atoms. The van der Waals surface area contributed by atoms with Gasteiger partial charge in [-0.3, -0.25) is 4.79 Å². The fourth-order valence-electron chi connectivity index (χ4n) is 1.34. The summed E-state index contributed by atoms with van der Waals surface area (Å²) in [7, 11) is 0. The maximum atomic E-state index is 13.4. The monoisotopic (exact) mass is 268 g/mol. The zero-order valence-electron chi connectivity index (χ0n) is 8.95. The Morgan fingerprint density at radius 3 is 2.67 bits per heavy atom. The molecule has 1 aromatic heterocycles. The number of halogens is 3. The van der Waals surface area contributed by atoms with Crippen molar-refractivity contribution in [3.63, 3.8) is 0 Å². The SMILES string of the molecule is O=C(Nc1cccc(F)n1)c1ccc(Cl)cc1F. The molecule has 0 unspecified atom stereocenters. The summed E-state index contributed by atoms with van der Waals surface area (Å²) < 4.78 is 26.2. The number of nitrogens with zero attached hydrogens (tertiary/aromatic N) is 1. The summed E-state index contributed by atoms with van der Waals surface area (Å²) in [5.74, 6) is -2.20. The maximum absolute atomic E-state index is 13.4. The number of benzene rings is 1. The number of carbonyl (C=O) groups is 1. The first-order valence-corrected chi connectivity index (χ1v) is 5.33. The van der Waals surface area contributed by atoms with Crippen molar-refractivity contribution in [2.45, 2.75) is 0 Å². The largest absolute Gasteiger partial charge is 0.306 e. The van der Waals surface area contributed by atoms with Crippen LogP contribution >= 0.6 is 11.6 Å². The number of hydrogen-bond acceptors (Lipinski definition) is 2. The van der Waals surface area contributed by atoms with Crippen LogP contribution in [0, 0.1) is 11.8 Å². The molecule has 2 aromatic rings. The van der Waals surface area contributed by atoms with Gasteiger partial charge in [-0.1, -0.05) is 17.7 Å². The number of aromatic nitrogens is 1. The van der Waals surface area contributed by atoms with E-state index in [4.69, 9.17) is 11.6 Å². The van der Waals surface area contributed by atoms with Crippen molar-refractivity contribution in [2.24, 2.45) is 0 Å². The molecule has 6 heteroatoms. The Bertz CT molecular complexity index is 604. The summed E-state index contributed by atoms with van der Waals surface area (Å²) >= 11 is 5.57. The normalized spacial score (nSPS) is 10.2. The Balaban J connectivity index is 2.22. The van der Waals surface area contributed by atoms with E-state index in [1.165, 1.54) is 24.3 Å². The molecule has 0 saturated carbocycles. The quantitative estimate of drug-likeness (QED) is 0.850. The van der Waals surface area contributed by atoms with Gasteiger partial charge in [0.05, 0.1) is 5.56 Å². The number of hydrogen-bond donors (Lipinski definition) is 1. The lowest BCUT2D eigenvalue weighted by Gasteiger charge is -2.05. The molecule has 0 aliphatic carbocycles. The Hall–Kier alpha value is -2.01. The van der Waals surface area contributed by atoms with E-state index in [2.05, 4.69) is 10.3 Å². The van der Waals surface area contributed by atoms with Crippen LogP contribution in [0.4, 0.5) is 14.6 Å². The molecule has 1 aromatic carbocycles. The fraction of sp³-hybridized carbons (Fsp3) is 0. The lowest BCUT2D eigenvalue weighted by molar-refractivity contribution is 0.102. The van der Waals surface area contributed by atoms with Crippen LogP contribution in [-0.2, 0) is 0 Å². The van der Waals surface area contributed by atoms with E-state index < -0.39 is 17.7 Å². The van der Waals surface area contributed by atoms with Crippen LogP contribution in [0.15, 0.2) is 36.4 Å². The number of amides is 1. The van der Waals surface area contributed by atoms with Crippen molar-refractivity contribution in [3.8, 4) is 0 Å². The predicted octanol–water partition coefficient (Wildman–Crippen LogP) is 3.27. The Labute approximate surface area is 106 Å². The molecular formula is C12H7ClF2N2O.